The summed E-state index contributed by atoms with van der Waals surface area (Å²) in [6.07, 6.45) is 0. The number of esters is 1. The number of nitrogens with zero attached hydrogens (tertiary/aromatic N) is 3. The van der Waals surface area contributed by atoms with E-state index in [0.29, 0.717) is 0 Å². The zero-order valence-electron chi connectivity index (χ0n) is 7.47. The van der Waals surface area contributed by atoms with Crippen LogP contribution in [0.25, 0.3) is 5.53 Å². The topological polar surface area (TPSA) is 106 Å². The second-order valence-electron chi connectivity index (χ2n) is 3.18. The summed E-state index contributed by atoms with van der Waals surface area (Å²) in [6, 6.07) is 0. The number of rotatable bonds is 0. The van der Waals surface area contributed by atoms with Gasteiger partial charge in [0.1, 0.15) is 5.60 Å². The lowest BCUT2D eigenvalue weighted by Gasteiger charge is -2.15. The van der Waals surface area contributed by atoms with Gasteiger partial charge in [0.15, 0.2) is 4.92 Å². The molecule has 0 unspecified atom stereocenters. The van der Waals surface area contributed by atoms with Gasteiger partial charge in [0, 0.05) is 0 Å². The van der Waals surface area contributed by atoms with E-state index in [-0.39, 0.29) is 0 Å². The molecule has 0 atom stereocenters. The zero-order valence-corrected chi connectivity index (χ0v) is 7.47. The maximum absolute atomic E-state index is 10.9. The van der Waals surface area contributed by atoms with Gasteiger partial charge in [0.25, 0.3) is 0 Å². The maximum Gasteiger partial charge on any atom is 0.690 e. The molecule has 7 heteroatoms. The first-order valence-corrected chi connectivity index (χ1v) is 3.37. The Labute approximate surface area is 74.1 Å². The molecular formula is C6H9N3O4. The van der Waals surface area contributed by atoms with Crippen molar-refractivity contribution in [1.29, 1.82) is 0 Å². The van der Waals surface area contributed by atoms with Crippen LogP contribution in [-0.4, -0.2) is 27.1 Å². The van der Waals surface area contributed by atoms with Crippen LogP contribution in [0.4, 0.5) is 0 Å². The Hall–Kier alpha value is -1.75. The second kappa shape index (κ2) is 3.77. The van der Waals surface area contributed by atoms with Gasteiger partial charge in [0.2, 0.25) is 0 Å². The van der Waals surface area contributed by atoms with E-state index in [1.165, 1.54) is 0 Å². The second-order valence-corrected chi connectivity index (χ2v) is 3.18. The number of amidine groups is 1. The summed E-state index contributed by atoms with van der Waals surface area (Å²) in [5, 5.41) is 10.1. The summed E-state index contributed by atoms with van der Waals surface area (Å²) in [5.41, 5.74) is 7.25. The molecule has 72 valence electrons. The molecule has 0 fully saturated rings. The highest BCUT2D eigenvalue weighted by Crippen LogP contribution is 2.06. The van der Waals surface area contributed by atoms with Crippen molar-refractivity contribution in [2.75, 3.05) is 0 Å². The third kappa shape index (κ3) is 3.97. The lowest BCUT2D eigenvalue weighted by Crippen LogP contribution is -2.33. The molecule has 0 N–H and O–H groups in total. The average molecular weight is 187 g/mol. The Morgan fingerprint density at radius 2 is 2.00 bits per heavy atom. The van der Waals surface area contributed by atoms with Crippen molar-refractivity contribution in [3.05, 3.63) is 15.6 Å². The van der Waals surface area contributed by atoms with E-state index in [2.05, 4.69) is 9.53 Å². The number of carbonyl (C=O) groups is 1. The lowest BCUT2D eigenvalue weighted by atomic mass is 10.2. The van der Waals surface area contributed by atoms with Gasteiger partial charge in [-0.2, -0.15) is 0 Å². The Morgan fingerprint density at radius 3 is 2.23 bits per heavy atom. The van der Waals surface area contributed by atoms with E-state index >= 15 is 0 Å². The van der Waals surface area contributed by atoms with Gasteiger partial charge in [-0.1, -0.05) is 4.79 Å². The molecule has 0 spiro atoms. The van der Waals surface area contributed by atoms with Crippen molar-refractivity contribution in [3.8, 4) is 0 Å². The van der Waals surface area contributed by atoms with E-state index in [0.717, 1.165) is 0 Å². The highest BCUT2D eigenvalue weighted by Gasteiger charge is 2.39. The number of hydrogen-bond donors (Lipinski definition) is 0. The Kier molecular flexibility index (Phi) is 3.26. The predicted octanol–water partition coefficient (Wildman–Crippen LogP) is 0.233. The Balaban J connectivity index is 4.62. The fraction of sp³-hybridized carbons (Fsp3) is 0.667. The summed E-state index contributed by atoms with van der Waals surface area (Å²) < 4.78 is 4.58. The molecule has 0 aliphatic rings. The minimum atomic E-state index is -1.26. The largest absolute Gasteiger partial charge is 0.690 e. The minimum Gasteiger partial charge on any atom is -0.446 e. The first-order valence-electron chi connectivity index (χ1n) is 3.37. The Bertz CT molecular complexity index is 285. The molecule has 0 amide bonds. The third-order valence-corrected chi connectivity index (χ3v) is 0.849. The number of ether oxygens (including phenoxy) is 1. The smallest absolute Gasteiger partial charge is 0.446 e. The van der Waals surface area contributed by atoms with Gasteiger partial charge >= 0.3 is 11.8 Å². The van der Waals surface area contributed by atoms with Crippen molar-refractivity contribution in [1.82, 2.24) is 0 Å². The molecule has 0 radical (unpaired) electrons. The molecule has 0 heterocycles. The molecule has 0 saturated carbocycles. The third-order valence-electron chi connectivity index (χ3n) is 0.849. The number of nitro groups is 1. The van der Waals surface area contributed by atoms with Crippen molar-refractivity contribution in [2.45, 2.75) is 26.4 Å². The molecule has 7 nitrogen and oxygen atoms in total. The summed E-state index contributed by atoms with van der Waals surface area (Å²) in [7, 11) is 0. The molecule has 0 aliphatic carbocycles. The standard InChI is InChI=1S/C6H9N3O4/c1-6(2,3)13-5(10)4(8-7)9(11)12/h1-3H3. The van der Waals surface area contributed by atoms with Crippen LogP contribution in [0.5, 0.6) is 0 Å². The normalized spacial score (nSPS) is 10.1. The zero-order chi connectivity index (χ0) is 10.6. The first-order chi connectivity index (χ1) is 5.78. The fourth-order valence-corrected chi connectivity index (χ4v) is 0.476. The van der Waals surface area contributed by atoms with E-state index in [1.54, 1.807) is 20.8 Å². The van der Waals surface area contributed by atoms with Crippen LogP contribution in [-0.2, 0) is 9.53 Å². The molecule has 0 rings (SSSR count). The van der Waals surface area contributed by atoms with Crippen LogP contribution in [0.1, 0.15) is 20.8 Å². The summed E-state index contributed by atoms with van der Waals surface area (Å²) in [4.78, 5) is 22.0. The van der Waals surface area contributed by atoms with E-state index in [9.17, 15) is 14.9 Å². The molecule has 13 heavy (non-hydrogen) atoms. The van der Waals surface area contributed by atoms with Crippen LogP contribution in [0.2, 0.25) is 0 Å². The molecule has 0 bridgehead atoms. The van der Waals surface area contributed by atoms with E-state index in [4.69, 9.17) is 5.53 Å². The highest BCUT2D eigenvalue weighted by atomic mass is 16.6. The maximum atomic E-state index is 10.9. The predicted molar refractivity (Wildman–Crippen MR) is 41.5 cm³/mol. The van der Waals surface area contributed by atoms with Crippen molar-refractivity contribution < 1.29 is 19.2 Å². The summed E-state index contributed by atoms with van der Waals surface area (Å²) >= 11 is 0. The first kappa shape index (κ1) is 11.2. The van der Waals surface area contributed by atoms with Gasteiger partial charge in [-0.25, -0.2) is 4.79 Å². The average Bonchev–Trinajstić information content (AvgIpc) is 1.82. The van der Waals surface area contributed by atoms with Crippen LogP contribution in [0, 0.1) is 10.1 Å². The molecule has 0 aromatic carbocycles. The molecular weight excluding hydrogens is 178 g/mol. The van der Waals surface area contributed by atoms with E-state index < -0.39 is 22.3 Å². The van der Waals surface area contributed by atoms with Crippen LogP contribution in [0.15, 0.2) is 0 Å². The van der Waals surface area contributed by atoms with Crippen molar-refractivity contribution in [3.63, 3.8) is 0 Å². The molecule has 0 aromatic heterocycles. The van der Waals surface area contributed by atoms with Gasteiger partial charge < -0.3 is 10.3 Å². The number of carbonyl (C=O) groups excluding carboxylic acids is 1. The number of hydrogen-bond acceptors (Lipinski definition) is 4. The van der Waals surface area contributed by atoms with Gasteiger partial charge in [-0.3, -0.25) is 10.1 Å². The van der Waals surface area contributed by atoms with Crippen molar-refractivity contribution >= 4 is 11.8 Å². The van der Waals surface area contributed by atoms with Crippen molar-refractivity contribution in [2.24, 2.45) is 0 Å². The fourth-order valence-electron chi connectivity index (χ4n) is 0.476. The SMILES string of the molecule is CC(C)(C)OC(=O)C(=[N+]=[N-])[N+](=O)[O-]. The van der Waals surface area contributed by atoms with Crippen LogP contribution in [0.3, 0.4) is 0 Å². The molecule has 0 saturated heterocycles. The quantitative estimate of drug-likeness (QED) is 0.103. The highest BCUT2D eigenvalue weighted by molar-refractivity contribution is 6.29. The van der Waals surface area contributed by atoms with Gasteiger partial charge in [0.05, 0.1) is 0 Å². The summed E-state index contributed by atoms with van der Waals surface area (Å²) in [6.45, 7) is 4.62. The van der Waals surface area contributed by atoms with Crippen LogP contribution >= 0.6 is 0 Å². The monoisotopic (exact) mass is 187 g/mol. The molecule has 0 aromatic rings. The van der Waals surface area contributed by atoms with Gasteiger partial charge in [-0.15, -0.1) is 0 Å². The van der Waals surface area contributed by atoms with Crippen LogP contribution < -0.4 is 0 Å². The summed E-state index contributed by atoms with van der Waals surface area (Å²) in [5.74, 6) is -2.49. The molecule has 0 aliphatic heterocycles. The van der Waals surface area contributed by atoms with E-state index in [1.807, 2.05) is 0 Å². The Morgan fingerprint density at radius 1 is 1.54 bits per heavy atom. The lowest BCUT2D eigenvalue weighted by molar-refractivity contribution is -0.384. The minimum absolute atomic E-state index is 0.858. The van der Waals surface area contributed by atoms with Gasteiger partial charge in [-0.05, 0) is 20.8 Å².